The number of hydrogen-bond donors (Lipinski definition) is 0. The van der Waals surface area contributed by atoms with Gasteiger partial charge in [-0.25, -0.2) is 4.79 Å². The average Bonchev–Trinajstić information content (AvgIpc) is 2.46. The van der Waals surface area contributed by atoms with E-state index in [1.54, 1.807) is 13.8 Å². The summed E-state index contributed by atoms with van der Waals surface area (Å²) in [7, 11) is 1.25. The number of hydrogen-bond acceptors (Lipinski definition) is 6. The maximum Gasteiger partial charge on any atom is 0.345 e. The zero-order valence-corrected chi connectivity index (χ0v) is 12.7. The van der Waals surface area contributed by atoms with Gasteiger partial charge in [0.05, 0.1) is 18.6 Å². The Kier molecular flexibility index (Phi) is 6.23. The number of ether oxygens (including phenoxy) is 3. The van der Waals surface area contributed by atoms with Gasteiger partial charge in [-0.15, -0.1) is 0 Å². The highest BCUT2D eigenvalue weighted by Crippen LogP contribution is 2.40. The Bertz CT molecular complexity index is 534. The minimum atomic E-state index is -0.799. The van der Waals surface area contributed by atoms with Crippen molar-refractivity contribution in [2.45, 2.75) is 25.8 Å². The minimum Gasteiger partial charge on any atom is -0.488 e. The van der Waals surface area contributed by atoms with Crippen molar-refractivity contribution in [2.75, 3.05) is 13.7 Å². The molecule has 0 spiro atoms. The molecule has 0 amide bonds. The molecule has 0 fully saturated rings. The second-order valence-electron chi connectivity index (χ2n) is 3.91. The third-order valence-corrected chi connectivity index (χ3v) is 2.95. The van der Waals surface area contributed by atoms with Crippen LogP contribution in [0, 0.1) is 10.1 Å². The lowest BCUT2D eigenvalue weighted by atomic mass is 10.1. The number of rotatable bonds is 7. The molecule has 0 bridgehead atoms. The van der Waals surface area contributed by atoms with Gasteiger partial charge in [0.15, 0.2) is 11.3 Å². The van der Waals surface area contributed by atoms with Crippen molar-refractivity contribution in [1.82, 2.24) is 0 Å². The first-order valence-corrected chi connectivity index (χ1v) is 6.73. The monoisotopic (exact) mass is 317 g/mol. The second-order valence-corrected chi connectivity index (χ2v) is 4.39. The lowest BCUT2D eigenvalue weighted by molar-refractivity contribution is -0.386. The van der Waals surface area contributed by atoms with E-state index in [0.717, 1.165) is 0 Å². The zero-order chi connectivity index (χ0) is 16.0. The van der Waals surface area contributed by atoms with E-state index in [9.17, 15) is 14.9 Å². The summed E-state index contributed by atoms with van der Waals surface area (Å²) in [5.41, 5.74) is -1.37. The summed E-state index contributed by atoms with van der Waals surface area (Å²) in [6.45, 7) is 3.51. The highest BCUT2D eigenvalue weighted by molar-refractivity contribution is 6.19. The van der Waals surface area contributed by atoms with E-state index in [0.29, 0.717) is 6.42 Å². The summed E-state index contributed by atoms with van der Waals surface area (Å²) < 4.78 is 15.2. The third kappa shape index (κ3) is 3.98. The van der Waals surface area contributed by atoms with Crippen molar-refractivity contribution < 1.29 is 23.9 Å². The second kappa shape index (κ2) is 7.68. The third-order valence-electron chi connectivity index (χ3n) is 2.55. The van der Waals surface area contributed by atoms with Crippen LogP contribution in [0.2, 0.25) is 0 Å². The molecular weight excluding hydrogens is 302 g/mol. The van der Waals surface area contributed by atoms with Crippen molar-refractivity contribution in [3.8, 4) is 11.5 Å². The summed E-state index contributed by atoms with van der Waals surface area (Å²) in [5, 5.41) is 11.2. The Morgan fingerprint density at radius 2 is 2.10 bits per heavy atom. The van der Waals surface area contributed by atoms with Crippen LogP contribution in [0.5, 0.6) is 11.5 Å². The predicted molar refractivity (Wildman–Crippen MR) is 76.2 cm³/mol. The number of benzene rings is 1. The topological polar surface area (TPSA) is 87.9 Å². The van der Waals surface area contributed by atoms with E-state index in [-0.39, 0.29) is 23.7 Å². The molecule has 1 aromatic rings. The van der Waals surface area contributed by atoms with Gasteiger partial charge in [0.2, 0.25) is 5.75 Å². The van der Waals surface area contributed by atoms with Crippen molar-refractivity contribution in [1.29, 1.82) is 0 Å². The molecule has 1 aromatic carbocycles. The number of halogens is 1. The van der Waals surface area contributed by atoms with E-state index in [4.69, 9.17) is 25.8 Å². The van der Waals surface area contributed by atoms with Crippen molar-refractivity contribution >= 4 is 23.3 Å². The van der Waals surface area contributed by atoms with E-state index in [1.165, 1.54) is 19.2 Å². The molecule has 0 aromatic heterocycles. The summed E-state index contributed by atoms with van der Waals surface area (Å²) in [5.74, 6) is -0.865. The van der Waals surface area contributed by atoms with Gasteiger partial charge in [-0.3, -0.25) is 10.1 Å². The number of methoxy groups -OCH3 is 1. The Morgan fingerprint density at radius 3 is 2.57 bits per heavy atom. The van der Waals surface area contributed by atoms with Crippen molar-refractivity contribution in [3.05, 3.63) is 27.8 Å². The first-order chi connectivity index (χ1) is 9.96. The SMILES string of the molecule is CCOC(=O)c1ccc(OC(Cl)CC)c(OC)c1[N+](=O)[O-]. The maximum atomic E-state index is 11.8. The van der Waals surface area contributed by atoms with Gasteiger partial charge in [-0.05, 0) is 25.5 Å². The Labute approximate surface area is 126 Å². The van der Waals surface area contributed by atoms with Crippen LogP contribution in [0.25, 0.3) is 0 Å². The minimum absolute atomic E-state index is 0.0964. The molecule has 0 aliphatic rings. The largest absolute Gasteiger partial charge is 0.488 e. The van der Waals surface area contributed by atoms with Gasteiger partial charge in [-0.1, -0.05) is 18.5 Å². The summed E-state index contributed by atoms with van der Waals surface area (Å²) in [6, 6.07) is 2.65. The molecule has 8 heteroatoms. The van der Waals surface area contributed by atoms with E-state index in [1.807, 2.05) is 0 Å². The molecule has 0 saturated carbocycles. The molecule has 21 heavy (non-hydrogen) atoms. The number of carbonyl (C=O) groups excluding carboxylic acids is 1. The highest BCUT2D eigenvalue weighted by Gasteiger charge is 2.30. The fourth-order valence-corrected chi connectivity index (χ4v) is 1.71. The lowest BCUT2D eigenvalue weighted by Crippen LogP contribution is -2.12. The average molecular weight is 318 g/mol. The van der Waals surface area contributed by atoms with Gasteiger partial charge >= 0.3 is 11.7 Å². The van der Waals surface area contributed by atoms with Crippen LogP contribution in [0.3, 0.4) is 0 Å². The molecule has 0 radical (unpaired) electrons. The van der Waals surface area contributed by atoms with Gasteiger partial charge in [0.25, 0.3) is 0 Å². The molecule has 0 N–H and O–H groups in total. The Balaban J connectivity index is 3.37. The number of nitro benzene ring substituents is 1. The van der Waals surface area contributed by atoms with E-state index < -0.39 is 22.1 Å². The van der Waals surface area contributed by atoms with Crippen LogP contribution in [0.4, 0.5) is 5.69 Å². The van der Waals surface area contributed by atoms with E-state index >= 15 is 0 Å². The number of alkyl halides is 1. The number of esters is 1. The Morgan fingerprint density at radius 1 is 1.43 bits per heavy atom. The van der Waals surface area contributed by atoms with Crippen LogP contribution < -0.4 is 9.47 Å². The van der Waals surface area contributed by atoms with Crippen LogP contribution in [-0.4, -0.2) is 30.2 Å². The number of nitrogens with zero attached hydrogens (tertiary/aromatic N) is 1. The number of carbonyl (C=O) groups is 1. The lowest BCUT2D eigenvalue weighted by Gasteiger charge is -2.15. The van der Waals surface area contributed by atoms with Gasteiger partial charge in [0, 0.05) is 0 Å². The van der Waals surface area contributed by atoms with Gasteiger partial charge in [0.1, 0.15) is 5.56 Å². The molecule has 116 valence electrons. The van der Waals surface area contributed by atoms with E-state index in [2.05, 4.69) is 0 Å². The quantitative estimate of drug-likeness (QED) is 0.332. The molecule has 0 heterocycles. The first kappa shape index (κ1) is 17.0. The summed E-state index contributed by atoms with van der Waals surface area (Å²) >= 11 is 5.87. The molecule has 0 saturated heterocycles. The van der Waals surface area contributed by atoms with Crippen LogP contribution in [0.1, 0.15) is 30.6 Å². The Hall–Kier alpha value is -2.02. The highest BCUT2D eigenvalue weighted by atomic mass is 35.5. The zero-order valence-electron chi connectivity index (χ0n) is 11.9. The maximum absolute atomic E-state index is 11.8. The molecule has 1 unspecified atom stereocenters. The fraction of sp³-hybridized carbons (Fsp3) is 0.462. The molecule has 0 aliphatic heterocycles. The number of nitro groups is 1. The molecule has 7 nitrogen and oxygen atoms in total. The van der Waals surface area contributed by atoms with Crippen LogP contribution >= 0.6 is 11.6 Å². The fourth-order valence-electron chi connectivity index (χ4n) is 1.62. The van der Waals surface area contributed by atoms with Crippen molar-refractivity contribution in [2.24, 2.45) is 0 Å². The molecule has 0 aliphatic carbocycles. The van der Waals surface area contributed by atoms with Gasteiger partial charge < -0.3 is 14.2 Å². The van der Waals surface area contributed by atoms with Crippen LogP contribution in [0.15, 0.2) is 12.1 Å². The normalized spacial score (nSPS) is 11.6. The summed E-state index contributed by atoms with van der Waals surface area (Å²) in [6.07, 6.45) is 0.498. The molecule has 1 atom stereocenters. The van der Waals surface area contributed by atoms with Crippen molar-refractivity contribution in [3.63, 3.8) is 0 Å². The molecule has 1 rings (SSSR count). The van der Waals surface area contributed by atoms with Gasteiger partial charge in [-0.2, -0.15) is 0 Å². The molecular formula is C13H16ClNO6. The smallest absolute Gasteiger partial charge is 0.345 e. The predicted octanol–water partition coefficient (Wildman–Crippen LogP) is 3.13. The first-order valence-electron chi connectivity index (χ1n) is 6.29. The standard InChI is InChI=1S/C13H16ClNO6/c1-4-10(14)21-9-7-6-8(13(16)20-5-2)11(15(17)18)12(9)19-3/h6-7,10H,4-5H2,1-3H3. The summed E-state index contributed by atoms with van der Waals surface area (Å²) in [4.78, 5) is 22.3. The van der Waals surface area contributed by atoms with Crippen LogP contribution in [-0.2, 0) is 4.74 Å².